The predicted octanol–water partition coefficient (Wildman–Crippen LogP) is 0.223. The monoisotopic (exact) mass is 306 g/mol. The summed E-state index contributed by atoms with van der Waals surface area (Å²) in [5, 5.41) is 2.85. The topological polar surface area (TPSA) is 76.6 Å². The number of anilines is 1. The zero-order chi connectivity index (χ0) is 15.4. The lowest BCUT2D eigenvalue weighted by Crippen LogP contribution is -2.43. The van der Waals surface area contributed by atoms with Gasteiger partial charge in [0.05, 0.1) is 12.7 Å². The Morgan fingerprint density at radius 2 is 2.50 bits per heavy atom. The molecule has 3 atom stereocenters. The lowest BCUT2D eigenvalue weighted by molar-refractivity contribution is -0.132. The van der Waals surface area contributed by atoms with Crippen molar-refractivity contribution in [3.63, 3.8) is 0 Å². The van der Waals surface area contributed by atoms with E-state index in [9.17, 15) is 4.79 Å². The molecule has 1 amide bonds. The maximum atomic E-state index is 12.1. The summed E-state index contributed by atoms with van der Waals surface area (Å²) >= 11 is 0. The van der Waals surface area contributed by atoms with E-state index >= 15 is 0 Å². The number of carbonyl (C=O) groups is 1. The van der Waals surface area contributed by atoms with Gasteiger partial charge in [-0.3, -0.25) is 4.79 Å². The summed E-state index contributed by atoms with van der Waals surface area (Å²) in [5.74, 6) is 1.35. The molecule has 3 rings (SSSR count). The summed E-state index contributed by atoms with van der Waals surface area (Å²) in [7, 11) is 1.62. The van der Waals surface area contributed by atoms with E-state index in [1.165, 1.54) is 0 Å². The fourth-order valence-electron chi connectivity index (χ4n) is 3.17. The van der Waals surface area contributed by atoms with E-state index in [-0.39, 0.29) is 18.1 Å². The maximum Gasteiger partial charge on any atom is 0.249 e. The Hall–Kier alpha value is -1.73. The number of methoxy groups -OCH3 is 1. The standard InChI is InChI=1S/C15H22N4O3/c1-21-7-5-17-15(20)12-8-11-3-6-19(9-13(11)22-12)14-2-4-16-10-18-14/h2,4,10-13H,3,5-9H2,1H3,(H,17,20)/t11-,12+,13-/m0/s1. The maximum absolute atomic E-state index is 12.1. The predicted molar refractivity (Wildman–Crippen MR) is 80.5 cm³/mol. The van der Waals surface area contributed by atoms with Crippen molar-refractivity contribution in [3.8, 4) is 0 Å². The van der Waals surface area contributed by atoms with Crippen LogP contribution in [0.1, 0.15) is 12.8 Å². The highest BCUT2D eigenvalue weighted by Gasteiger charge is 2.41. The zero-order valence-corrected chi connectivity index (χ0v) is 12.8. The van der Waals surface area contributed by atoms with Gasteiger partial charge in [0.25, 0.3) is 0 Å². The van der Waals surface area contributed by atoms with Gasteiger partial charge in [-0.05, 0) is 24.8 Å². The van der Waals surface area contributed by atoms with Gasteiger partial charge in [0.15, 0.2) is 0 Å². The molecule has 0 bridgehead atoms. The summed E-state index contributed by atoms with van der Waals surface area (Å²) < 4.78 is 10.9. The van der Waals surface area contributed by atoms with E-state index in [0.29, 0.717) is 19.1 Å². The van der Waals surface area contributed by atoms with Gasteiger partial charge < -0.3 is 19.7 Å². The first-order chi connectivity index (χ1) is 10.8. The molecule has 1 aromatic heterocycles. The molecule has 22 heavy (non-hydrogen) atoms. The molecule has 0 radical (unpaired) electrons. The van der Waals surface area contributed by atoms with Crippen LogP contribution in [0, 0.1) is 5.92 Å². The summed E-state index contributed by atoms with van der Waals surface area (Å²) in [6, 6.07) is 1.91. The molecular weight excluding hydrogens is 284 g/mol. The summed E-state index contributed by atoms with van der Waals surface area (Å²) in [4.78, 5) is 22.5. The lowest BCUT2D eigenvalue weighted by atomic mass is 9.91. The highest BCUT2D eigenvalue weighted by molar-refractivity contribution is 5.81. The third-order valence-electron chi connectivity index (χ3n) is 4.34. The first-order valence-corrected chi connectivity index (χ1v) is 7.71. The molecule has 1 aromatic rings. The van der Waals surface area contributed by atoms with E-state index in [0.717, 1.165) is 31.7 Å². The third kappa shape index (κ3) is 3.36. The number of fused-ring (bicyclic) bond motifs is 1. The highest BCUT2D eigenvalue weighted by atomic mass is 16.5. The van der Waals surface area contributed by atoms with Gasteiger partial charge in [0.2, 0.25) is 5.91 Å². The molecule has 2 fully saturated rings. The molecule has 2 aliphatic rings. The summed E-state index contributed by atoms with van der Waals surface area (Å²) in [5.41, 5.74) is 0. The minimum atomic E-state index is -0.336. The molecule has 0 aromatic carbocycles. The molecule has 0 spiro atoms. The molecule has 0 aliphatic carbocycles. The SMILES string of the molecule is COCCNC(=O)[C@H]1C[C@@H]2CCN(c3ccncn3)C[C@@H]2O1. The smallest absolute Gasteiger partial charge is 0.249 e. The van der Waals surface area contributed by atoms with Crippen LogP contribution in [0.2, 0.25) is 0 Å². The Morgan fingerprint density at radius 3 is 3.27 bits per heavy atom. The normalized spacial score (nSPS) is 27.5. The van der Waals surface area contributed by atoms with E-state index in [1.807, 2.05) is 6.07 Å². The fourth-order valence-corrected chi connectivity index (χ4v) is 3.17. The molecule has 2 saturated heterocycles. The van der Waals surface area contributed by atoms with Crippen LogP contribution in [-0.2, 0) is 14.3 Å². The van der Waals surface area contributed by atoms with Crippen molar-refractivity contribution in [3.05, 3.63) is 18.6 Å². The van der Waals surface area contributed by atoms with E-state index < -0.39 is 0 Å². The average molecular weight is 306 g/mol. The first-order valence-electron chi connectivity index (χ1n) is 7.71. The molecule has 0 unspecified atom stereocenters. The van der Waals surface area contributed by atoms with Crippen molar-refractivity contribution in [1.82, 2.24) is 15.3 Å². The molecule has 1 N–H and O–H groups in total. The van der Waals surface area contributed by atoms with Crippen LogP contribution in [0.4, 0.5) is 5.82 Å². The summed E-state index contributed by atoms with van der Waals surface area (Å²) in [6.45, 7) is 2.77. The fraction of sp³-hybridized carbons (Fsp3) is 0.667. The van der Waals surface area contributed by atoms with Gasteiger partial charge in [-0.2, -0.15) is 0 Å². The number of rotatable bonds is 5. The number of piperidine rings is 1. The number of aromatic nitrogens is 2. The highest BCUT2D eigenvalue weighted by Crippen LogP contribution is 2.34. The van der Waals surface area contributed by atoms with Gasteiger partial charge in [-0.1, -0.05) is 0 Å². The van der Waals surface area contributed by atoms with Gasteiger partial charge in [-0.25, -0.2) is 9.97 Å². The van der Waals surface area contributed by atoms with E-state index in [1.54, 1.807) is 19.6 Å². The molecule has 7 nitrogen and oxygen atoms in total. The van der Waals surface area contributed by atoms with Crippen LogP contribution in [0.15, 0.2) is 18.6 Å². The number of ether oxygens (including phenoxy) is 2. The second-order valence-electron chi connectivity index (χ2n) is 5.75. The van der Waals surface area contributed by atoms with Gasteiger partial charge >= 0.3 is 0 Å². The Bertz CT molecular complexity index is 499. The van der Waals surface area contributed by atoms with Crippen molar-refractivity contribution in [2.45, 2.75) is 25.0 Å². The largest absolute Gasteiger partial charge is 0.383 e. The van der Waals surface area contributed by atoms with Crippen molar-refractivity contribution in [2.24, 2.45) is 5.92 Å². The quantitative estimate of drug-likeness (QED) is 0.785. The number of carbonyl (C=O) groups excluding carboxylic acids is 1. The average Bonchev–Trinajstić information content (AvgIpc) is 2.99. The molecule has 120 valence electrons. The number of hydrogen-bond acceptors (Lipinski definition) is 6. The van der Waals surface area contributed by atoms with E-state index in [2.05, 4.69) is 20.2 Å². The minimum absolute atomic E-state index is 0.0277. The van der Waals surface area contributed by atoms with Crippen LogP contribution in [0.25, 0.3) is 0 Å². The Kier molecular flexibility index (Phi) is 4.84. The van der Waals surface area contributed by atoms with Crippen LogP contribution < -0.4 is 10.2 Å². The van der Waals surface area contributed by atoms with Crippen LogP contribution >= 0.6 is 0 Å². The molecule has 2 aliphatic heterocycles. The second kappa shape index (κ2) is 7.02. The van der Waals surface area contributed by atoms with Gasteiger partial charge in [0.1, 0.15) is 18.2 Å². The Labute approximate surface area is 130 Å². The zero-order valence-electron chi connectivity index (χ0n) is 12.8. The van der Waals surface area contributed by atoms with Gasteiger partial charge in [-0.15, -0.1) is 0 Å². The van der Waals surface area contributed by atoms with Crippen molar-refractivity contribution < 1.29 is 14.3 Å². The number of nitrogens with one attached hydrogen (secondary N) is 1. The van der Waals surface area contributed by atoms with Crippen molar-refractivity contribution >= 4 is 11.7 Å². The van der Waals surface area contributed by atoms with Crippen molar-refractivity contribution in [1.29, 1.82) is 0 Å². The minimum Gasteiger partial charge on any atom is -0.383 e. The second-order valence-corrected chi connectivity index (χ2v) is 5.75. The van der Waals surface area contributed by atoms with Gasteiger partial charge in [0, 0.05) is 32.9 Å². The molecular formula is C15H22N4O3. The van der Waals surface area contributed by atoms with Crippen LogP contribution in [-0.4, -0.2) is 61.4 Å². The van der Waals surface area contributed by atoms with E-state index in [4.69, 9.17) is 9.47 Å². The molecule has 3 heterocycles. The first kappa shape index (κ1) is 15.2. The number of hydrogen-bond donors (Lipinski definition) is 1. The van der Waals surface area contributed by atoms with Crippen molar-refractivity contribution in [2.75, 3.05) is 38.3 Å². The molecule has 7 heteroatoms. The number of nitrogens with zero attached hydrogens (tertiary/aromatic N) is 3. The summed E-state index contributed by atoms with van der Waals surface area (Å²) in [6.07, 6.45) is 4.90. The lowest BCUT2D eigenvalue weighted by Gasteiger charge is -2.34. The third-order valence-corrected chi connectivity index (χ3v) is 4.34. The Balaban J connectivity index is 1.54. The molecule has 0 saturated carbocycles. The number of amides is 1. The van der Waals surface area contributed by atoms with Crippen LogP contribution in [0.5, 0.6) is 0 Å². The van der Waals surface area contributed by atoms with Crippen LogP contribution in [0.3, 0.4) is 0 Å². The Morgan fingerprint density at radius 1 is 1.59 bits per heavy atom.